The number of aromatic nitrogens is 2. The summed E-state index contributed by atoms with van der Waals surface area (Å²) in [6, 6.07) is 32.8. The van der Waals surface area contributed by atoms with Crippen molar-refractivity contribution < 1.29 is 0 Å². The second-order valence-electron chi connectivity index (χ2n) is 11.5. The van der Waals surface area contributed by atoms with Crippen LogP contribution in [-0.2, 0) is 6.42 Å². The second kappa shape index (κ2) is 10.5. The molecule has 0 bridgehead atoms. The van der Waals surface area contributed by atoms with Crippen molar-refractivity contribution in [2.75, 3.05) is 0 Å². The van der Waals surface area contributed by atoms with E-state index in [1.165, 1.54) is 38.7 Å². The normalized spacial score (nSPS) is 17.4. The third-order valence-corrected chi connectivity index (χ3v) is 8.78. The number of aryl methyl sites for hydroxylation is 1. The number of rotatable bonds is 4. The zero-order valence-corrected chi connectivity index (χ0v) is 23.5. The molecule has 0 saturated carbocycles. The Morgan fingerprint density at radius 3 is 2.33 bits per heavy atom. The Hall–Kier alpha value is -4.89. The highest BCUT2D eigenvalue weighted by Gasteiger charge is 2.23. The van der Waals surface area contributed by atoms with Gasteiger partial charge < -0.3 is 0 Å². The Morgan fingerprint density at radius 1 is 0.619 bits per heavy atom. The fourth-order valence-corrected chi connectivity index (χ4v) is 6.51. The Morgan fingerprint density at radius 2 is 1.43 bits per heavy atom. The van der Waals surface area contributed by atoms with Gasteiger partial charge in [0.2, 0.25) is 0 Å². The van der Waals surface area contributed by atoms with E-state index >= 15 is 0 Å². The molecule has 0 fully saturated rings. The molecule has 5 aromatic rings. The minimum absolute atomic E-state index is 0.314. The summed E-state index contributed by atoms with van der Waals surface area (Å²) in [6.45, 7) is 0. The van der Waals surface area contributed by atoms with Gasteiger partial charge in [-0.25, -0.2) is 9.97 Å². The van der Waals surface area contributed by atoms with Gasteiger partial charge in [-0.15, -0.1) is 0 Å². The molecule has 0 saturated heterocycles. The van der Waals surface area contributed by atoms with Crippen molar-refractivity contribution in [1.29, 1.82) is 0 Å². The highest BCUT2D eigenvalue weighted by molar-refractivity contribution is 5.87. The van der Waals surface area contributed by atoms with Crippen LogP contribution in [-0.4, -0.2) is 16.2 Å². The summed E-state index contributed by atoms with van der Waals surface area (Å²) in [6.07, 6.45) is 16.4. The van der Waals surface area contributed by atoms with Crippen LogP contribution in [0.1, 0.15) is 48.3 Å². The van der Waals surface area contributed by atoms with Crippen LogP contribution in [0, 0.1) is 0 Å². The van der Waals surface area contributed by atoms with Gasteiger partial charge in [0.05, 0.1) is 17.1 Å². The van der Waals surface area contributed by atoms with E-state index in [0.29, 0.717) is 5.92 Å². The molecule has 1 atom stereocenters. The van der Waals surface area contributed by atoms with Crippen molar-refractivity contribution >= 4 is 23.1 Å². The van der Waals surface area contributed by atoms with E-state index in [0.717, 1.165) is 66.0 Å². The molecule has 0 amide bonds. The summed E-state index contributed by atoms with van der Waals surface area (Å²) >= 11 is 0. The fraction of sp³-hybridized carbons (Fsp3) is 0.154. The van der Waals surface area contributed by atoms with Crippen LogP contribution < -0.4 is 0 Å². The van der Waals surface area contributed by atoms with Crippen LogP contribution in [0.3, 0.4) is 0 Å². The highest BCUT2D eigenvalue weighted by Crippen LogP contribution is 2.39. The van der Waals surface area contributed by atoms with E-state index in [-0.39, 0.29) is 0 Å². The van der Waals surface area contributed by atoms with Crippen molar-refractivity contribution in [3.8, 4) is 33.9 Å². The lowest BCUT2D eigenvalue weighted by Crippen LogP contribution is -2.09. The third kappa shape index (κ3) is 4.61. The predicted molar refractivity (Wildman–Crippen MR) is 174 cm³/mol. The molecule has 4 aromatic carbocycles. The molecule has 202 valence electrons. The molecule has 3 aliphatic rings. The monoisotopic (exact) mass is 541 g/mol. The predicted octanol–water partition coefficient (Wildman–Crippen LogP) is 9.75. The first-order valence-corrected chi connectivity index (χ1v) is 15.0. The Bertz CT molecular complexity index is 1960. The molecule has 3 nitrogen and oxygen atoms in total. The van der Waals surface area contributed by atoms with Crippen molar-refractivity contribution in [1.82, 2.24) is 9.97 Å². The lowest BCUT2D eigenvalue weighted by atomic mass is 9.84. The van der Waals surface area contributed by atoms with Crippen LogP contribution in [0.2, 0.25) is 0 Å². The molecule has 8 rings (SSSR count). The van der Waals surface area contributed by atoms with Gasteiger partial charge in [0.15, 0.2) is 5.82 Å². The molecular weight excluding hydrogens is 510 g/mol. The molecule has 42 heavy (non-hydrogen) atoms. The number of allylic oxidation sites excluding steroid dienone is 5. The first kappa shape index (κ1) is 24.9. The molecule has 0 radical (unpaired) electrons. The van der Waals surface area contributed by atoms with E-state index in [9.17, 15) is 0 Å². The molecule has 1 aromatic heterocycles. The average Bonchev–Trinajstić information content (AvgIpc) is 3.07. The van der Waals surface area contributed by atoms with Gasteiger partial charge in [0.25, 0.3) is 0 Å². The van der Waals surface area contributed by atoms with E-state index in [1.807, 2.05) is 0 Å². The maximum Gasteiger partial charge on any atom is 0.160 e. The lowest BCUT2D eigenvalue weighted by molar-refractivity contribution is 0.752. The van der Waals surface area contributed by atoms with Gasteiger partial charge in [0.1, 0.15) is 0 Å². The second-order valence-corrected chi connectivity index (χ2v) is 11.5. The number of nitrogens with zero attached hydrogens (tertiary/aromatic N) is 3. The third-order valence-electron chi connectivity index (χ3n) is 8.78. The zero-order valence-electron chi connectivity index (χ0n) is 23.5. The summed E-state index contributed by atoms with van der Waals surface area (Å²) < 4.78 is 0. The van der Waals surface area contributed by atoms with Gasteiger partial charge in [-0.2, -0.15) is 0 Å². The number of aliphatic imine (C=N–C) groups is 1. The minimum atomic E-state index is 0.314. The van der Waals surface area contributed by atoms with E-state index in [2.05, 4.69) is 122 Å². The van der Waals surface area contributed by atoms with Gasteiger partial charge in [-0.1, -0.05) is 97.1 Å². The molecule has 1 unspecified atom stereocenters. The quantitative estimate of drug-likeness (QED) is 0.227. The van der Waals surface area contributed by atoms with E-state index in [4.69, 9.17) is 15.0 Å². The maximum absolute atomic E-state index is 5.15. The van der Waals surface area contributed by atoms with Crippen LogP contribution >= 0.6 is 0 Å². The zero-order chi connectivity index (χ0) is 27.9. The minimum Gasteiger partial charge on any atom is -0.265 e. The van der Waals surface area contributed by atoms with Gasteiger partial charge in [-0.05, 0) is 83.3 Å². The van der Waals surface area contributed by atoms with Gasteiger partial charge in [-0.3, -0.25) is 4.99 Å². The SMILES string of the molecule is C1=Cc2ccc(-c3nc(-c4ccc(C5CC=CC6=C5N=CCC6)cc4)cc(-c4ccc5ccccc5c4)n3)cc2CC1. The largest absolute Gasteiger partial charge is 0.265 e. The number of hydrogen-bond donors (Lipinski definition) is 0. The molecule has 2 aliphatic carbocycles. The molecule has 3 heteroatoms. The van der Waals surface area contributed by atoms with Gasteiger partial charge in [0, 0.05) is 28.8 Å². The highest BCUT2D eigenvalue weighted by atomic mass is 14.9. The average molecular weight is 542 g/mol. The van der Waals surface area contributed by atoms with Crippen LogP contribution in [0.4, 0.5) is 0 Å². The molecule has 0 spiro atoms. The smallest absolute Gasteiger partial charge is 0.160 e. The Balaban J connectivity index is 1.22. The van der Waals surface area contributed by atoms with Crippen molar-refractivity contribution in [2.45, 2.75) is 38.0 Å². The van der Waals surface area contributed by atoms with Crippen LogP contribution in [0.15, 0.2) is 125 Å². The number of fused-ring (bicyclic) bond motifs is 2. The molecule has 2 heterocycles. The summed E-state index contributed by atoms with van der Waals surface area (Å²) in [5.41, 5.74) is 11.7. The first-order valence-electron chi connectivity index (χ1n) is 15.0. The summed E-state index contributed by atoms with van der Waals surface area (Å²) in [7, 11) is 0. The molecule has 0 N–H and O–H groups in total. The van der Waals surface area contributed by atoms with Crippen molar-refractivity contribution in [3.63, 3.8) is 0 Å². The maximum atomic E-state index is 5.15. The van der Waals surface area contributed by atoms with E-state index in [1.54, 1.807) is 0 Å². The molecule has 1 aliphatic heterocycles. The standard InChI is InChI=1S/C39H31N3/c1-3-9-31-23-33(20-14-26(31)7-1)37-25-36(41-39(42-37)34-21-15-27-8-2-4-10-32(27)24-34)29-18-16-28(17-19-29)35-13-5-11-30-12-6-22-40-38(30)35/h1-3,5,7-9,11,14-25,35H,4,6,10,12-13H2. The Kier molecular flexibility index (Phi) is 6.22. The summed E-state index contributed by atoms with van der Waals surface area (Å²) in [5.74, 6) is 1.08. The fourth-order valence-electron chi connectivity index (χ4n) is 6.51. The number of hydrogen-bond acceptors (Lipinski definition) is 3. The van der Waals surface area contributed by atoms with Crippen molar-refractivity contribution in [3.05, 3.63) is 137 Å². The lowest BCUT2D eigenvalue weighted by Gasteiger charge is -2.25. The van der Waals surface area contributed by atoms with Gasteiger partial charge >= 0.3 is 0 Å². The molecular formula is C39H31N3. The summed E-state index contributed by atoms with van der Waals surface area (Å²) in [4.78, 5) is 15.1. The van der Waals surface area contributed by atoms with Crippen LogP contribution in [0.25, 0.3) is 50.8 Å². The summed E-state index contributed by atoms with van der Waals surface area (Å²) in [5, 5.41) is 2.44. The van der Waals surface area contributed by atoms with E-state index < -0.39 is 0 Å². The Labute approximate surface area is 246 Å². The number of benzene rings is 4. The first-order chi connectivity index (χ1) is 20.8. The van der Waals surface area contributed by atoms with Crippen molar-refractivity contribution in [2.24, 2.45) is 4.99 Å². The van der Waals surface area contributed by atoms with Crippen LogP contribution in [0.5, 0.6) is 0 Å². The topological polar surface area (TPSA) is 38.1 Å².